The summed E-state index contributed by atoms with van der Waals surface area (Å²) in [6.07, 6.45) is 0. The van der Waals surface area contributed by atoms with Crippen molar-refractivity contribution in [3.8, 4) is 0 Å². The van der Waals surface area contributed by atoms with Crippen molar-refractivity contribution < 1.29 is 14.3 Å². The molecule has 1 atom stereocenters. The van der Waals surface area contributed by atoms with Crippen LogP contribution in [0.25, 0.3) is 0 Å². The monoisotopic (exact) mass is 205 g/mol. The van der Waals surface area contributed by atoms with Gasteiger partial charge in [-0.3, -0.25) is 9.59 Å². The number of esters is 1. The molecule has 1 aliphatic rings. The largest absolute Gasteiger partial charge is 0.468 e. The van der Waals surface area contributed by atoms with E-state index in [-0.39, 0.29) is 5.78 Å². The number of hydrogen-bond acceptors (Lipinski definition) is 4. The van der Waals surface area contributed by atoms with Gasteiger partial charge in [0, 0.05) is 17.8 Å². The number of anilines is 1. The van der Waals surface area contributed by atoms with Crippen LogP contribution in [0.1, 0.15) is 10.4 Å². The predicted octanol–water partition coefficient (Wildman–Crippen LogP) is 1.08. The van der Waals surface area contributed by atoms with Crippen molar-refractivity contribution in [2.45, 2.75) is 0 Å². The molecule has 1 N–H and O–H groups in total. The van der Waals surface area contributed by atoms with Crippen molar-refractivity contribution in [2.75, 3.05) is 19.0 Å². The Balaban J connectivity index is 2.34. The van der Waals surface area contributed by atoms with Gasteiger partial charge in [0.25, 0.3) is 0 Å². The maximum absolute atomic E-state index is 11.9. The van der Waals surface area contributed by atoms with Crippen molar-refractivity contribution >= 4 is 17.4 Å². The van der Waals surface area contributed by atoms with Gasteiger partial charge in [-0.2, -0.15) is 0 Å². The van der Waals surface area contributed by atoms with Gasteiger partial charge in [0.2, 0.25) is 0 Å². The Labute approximate surface area is 87.2 Å². The Morgan fingerprint density at radius 3 is 2.93 bits per heavy atom. The Kier molecular flexibility index (Phi) is 2.41. The van der Waals surface area contributed by atoms with Gasteiger partial charge in [0.05, 0.1) is 7.11 Å². The number of rotatable bonds is 1. The summed E-state index contributed by atoms with van der Waals surface area (Å²) in [4.78, 5) is 23.2. The quantitative estimate of drug-likeness (QED) is 0.550. The molecule has 1 unspecified atom stereocenters. The predicted molar refractivity (Wildman–Crippen MR) is 54.8 cm³/mol. The maximum Gasteiger partial charge on any atom is 0.318 e. The van der Waals surface area contributed by atoms with E-state index in [2.05, 4.69) is 10.1 Å². The first-order valence-corrected chi connectivity index (χ1v) is 4.69. The molecule has 1 heterocycles. The number of hydrogen-bond donors (Lipinski definition) is 1. The molecule has 1 aliphatic heterocycles. The Bertz CT molecular complexity index is 414. The summed E-state index contributed by atoms with van der Waals surface area (Å²) in [5.74, 6) is -1.37. The number of ketones is 1. The fraction of sp³-hybridized carbons (Fsp3) is 0.273. The molecule has 0 amide bonds. The second kappa shape index (κ2) is 3.73. The summed E-state index contributed by atoms with van der Waals surface area (Å²) in [5.41, 5.74) is 1.34. The van der Waals surface area contributed by atoms with E-state index in [9.17, 15) is 9.59 Å². The molecule has 78 valence electrons. The van der Waals surface area contributed by atoms with Crippen LogP contribution in [0.5, 0.6) is 0 Å². The molecule has 0 saturated heterocycles. The number of Topliss-reactive ketones (excluding diaryl/α,β-unsaturated/α-hetero) is 1. The molecule has 0 aromatic heterocycles. The number of nitrogens with one attached hydrogen (secondary N) is 1. The lowest BCUT2D eigenvalue weighted by atomic mass is 9.92. The molecule has 4 nitrogen and oxygen atoms in total. The second-order valence-corrected chi connectivity index (χ2v) is 3.37. The minimum atomic E-state index is -0.718. The van der Waals surface area contributed by atoms with Crippen LogP contribution in [-0.4, -0.2) is 25.4 Å². The average Bonchev–Trinajstić information content (AvgIpc) is 2.29. The van der Waals surface area contributed by atoms with Crippen LogP contribution < -0.4 is 5.32 Å². The third kappa shape index (κ3) is 1.58. The van der Waals surface area contributed by atoms with Crippen molar-refractivity contribution in [3.05, 3.63) is 29.8 Å². The summed E-state index contributed by atoms with van der Waals surface area (Å²) in [7, 11) is 1.29. The third-order valence-electron chi connectivity index (χ3n) is 2.49. The van der Waals surface area contributed by atoms with Crippen LogP contribution in [0.15, 0.2) is 24.3 Å². The lowest BCUT2D eigenvalue weighted by Crippen LogP contribution is -2.36. The first kappa shape index (κ1) is 9.71. The van der Waals surface area contributed by atoms with Gasteiger partial charge in [-0.25, -0.2) is 0 Å². The zero-order chi connectivity index (χ0) is 10.8. The van der Waals surface area contributed by atoms with Gasteiger partial charge < -0.3 is 10.1 Å². The van der Waals surface area contributed by atoms with E-state index in [4.69, 9.17) is 0 Å². The van der Waals surface area contributed by atoms with E-state index < -0.39 is 11.9 Å². The topological polar surface area (TPSA) is 55.4 Å². The molecule has 15 heavy (non-hydrogen) atoms. The van der Waals surface area contributed by atoms with E-state index in [1.54, 1.807) is 12.1 Å². The Morgan fingerprint density at radius 1 is 1.47 bits per heavy atom. The van der Waals surface area contributed by atoms with Crippen molar-refractivity contribution in [3.63, 3.8) is 0 Å². The molecule has 2 rings (SSSR count). The summed E-state index contributed by atoms with van der Waals surface area (Å²) in [6, 6.07) is 7.15. The van der Waals surface area contributed by atoms with Gasteiger partial charge in [0.1, 0.15) is 5.92 Å². The Morgan fingerprint density at radius 2 is 2.20 bits per heavy atom. The minimum Gasteiger partial charge on any atom is -0.468 e. The van der Waals surface area contributed by atoms with Gasteiger partial charge >= 0.3 is 5.97 Å². The van der Waals surface area contributed by atoms with E-state index >= 15 is 0 Å². The van der Waals surface area contributed by atoms with Crippen LogP contribution in [0, 0.1) is 5.92 Å². The number of carbonyl (C=O) groups is 2. The summed E-state index contributed by atoms with van der Waals surface area (Å²) >= 11 is 0. The van der Waals surface area contributed by atoms with E-state index in [1.807, 2.05) is 12.1 Å². The smallest absolute Gasteiger partial charge is 0.318 e. The lowest BCUT2D eigenvalue weighted by Gasteiger charge is -2.22. The van der Waals surface area contributed by atoms with E-state index in [0.29, 0.717) is 12.1 Å². The molecular formula is C11H11NO3. The van der Waals surface area contributed by atoms with Crippen LogP contribution in [0.3, 0.4) is 0 Å². The van der Waals surface area contributed by atoms with Gasteiger partial charge in [0.15, 0.2) is 5.78 Å². The number of fused-ring (bicyclic) bond motifs is 1. The molecule has 1 aromatic rings. The molecule has 0 saturated carbocycles. The zero-order valence-electron chi connectivity index (χ0n) is 8.32. The standard InChI is InChI=1S/C11H11NO3/c1-15-11(14)8-6-12-9-5-3-2-4-7(9)10(8)13/h2-5,8,12H,6H2,1H3. The normalized spacial score (nSPS) is 19.0. The number of methoxy groups -OCH3 is 1. The van der Waals surface area contributed by atoms with E-state index in [0.717, 1.165) is 5.69 Å². The van der Waals surface area contributed by atoms with Crippen LogP contribution in [0.2, 0.25) is 0 Å². The Hall–Kier alpha value is -1.84. The molecule has 0 spiro atoms. The SMILES string of the molecule is COC(=O)C1CNc2ccccc2C1=O. The minimum absolute atomic E-state index is 0.170. The summed E-state index contributed by atoms with van der Waals surface area (Å²) in [6.45, 7) is 0.308. The number of benzene rings is 1. The van der Waals surface area contributed by atoms with Crippen LogP contribution >= 0.6 is 0 Å². The average molecular weight is 205 g/mol. The maximum atomic E-state index is 11.9. The first-order chi connectivity index (χ1) is 7.24. The van der Waals surface area contributed by atoms with Crippen molar-refractivity contribution in [1.29, 1.82) is 0 Å². The first-order valence-electron chi connectivity index (χ1n) is 4.69. The highest BCUT2D eigenvalue weighted by molar-refractivity contribution is 6.13. The second-order valence-electron chi connectivity index (χ2n) is 3.37. The summed E-state index contributed by atoms with van der Waals surface area (Å²) < 4.78 is 4.58. The van der Waals surface area contributed by atoms with Gasteiger partial charge in [-0.05, 0) is 12.1 Å². The fourth-order valence-corrected chi connectivity index (χ4v) is 1.68. The van der Waals surface area contributed by atoms with Crippen LogP contribution in [0.4, 0.5) is 5.69 Å². The molecule has 1 aromatic carbocycles. The number of para-hydroxylation sites is 1. The number of carbonyl (C=O) groups excluding carboxylic acids is 2. The molecule has 0 bridgehead atoms. The van der Waals surface area contributed by atoms with Crippen molar-refractivity contribution in [2.24, 2.45) is 5.92 Å². The highest BCUT2D eigenvalue weighted by atomic mass is 16.5. The molecule has 0 aliphatic carbocycles. The highest BCUT2D eigenvalue weighted by Gasteiger charge is 2.33. The molecule has 0 radical (unpaired) electrons. The third-order valence-corrected chi connectivity index (χ3v) is 2.49. The van der Waals surface area contributed by atoms with Crippen molar-refractivity contribution in [1.82, 2.24) is 0 Å². The van der Waals surface area contributed by atoms with Crippen LogP contribution in [-0.2, 0) is 9.53 Å². The van der Waals surface area contributed by atoms with Gasteiger partial charge in [-0.15, -0.1) is 0 Å². The van der Waals surface area contributed by atoms with E-state index in [1.165, 1.54) is 7.11 Å². The molecular weight excluding hydrogens is 194 g/mol. The lowest BCUT2D eigenvalue weighted by molar-refractivity contribution is -0.143. The fourth-order valence-electron chi connectivity index (χ4n) is 1.68. The molecule has 0 fully saturated rings. The van der Waals surface area contributed by atoms with Gasteiger partial charge in [-0.1, -0.05) is 12.1 Å². The molecule has 4 heteroatoms. The zero-order valence-corrected chi connectivity index (χ0v) is 8.32. The number of ether oxygens (including phenoxy) is 1. The summed E-state index contributed by atoms with van der Waals surface area (Å²) in [5, 5.41) is 3.04. The highest BCUT2D eigenvalue weighted by Crippen LogP contribution is 2.24.